The summed E-state index contributed by atoms with van der Waals surface area (Å²) in [7, 11) is 0. The van der Waals surface area contributed by atoms with Crippen LogP contribution in [0.25, 0.3) is 16.8 Å². The lowest BCUT2D eigenvalue weighted by molar-refractivity contribution is -0.135. The molecule has 0 saturated carbocycles. The van der Waals surface area contributed by atoms with E-state index in [9.17, 15) is 19.5 Å². The van der Waals surface area contributed by atoms with E-state index < -0.39 is 35.4 Å². The Morgan fingerprint density at radius 3 is 2.77 bits per heavy atom. The number of H-pyrrole nitrogens is 1. The number of fused-ring (bicyclic) bond motifs is 3. The van der Waals surface area contributed by atoms with Gasteiger partial charge in [0.05, 0.1) is 11.0 Å². The summed E-state index contributed by atoms with van der Waals surface area (Å²) in [6.45, 7) is -0.666. The standard InChI is InChI=1S/C13H10N4O5/c18-8(19)5-14-10(20)9-11(21)16-13-15-6-3-1-2-4-7(6)17(13)12(9)22/h1-4,22H,5H2,(H,14,20)(H,18,19)(H,15,16,21). The molecular weight excluding hydrogens is 292 g/mol. The van der Waals surface area contributed by atoms with Crippen LogP contribution in [0.4, 0.5) is 0 Å². The fourth-order valence-corrected chi connectivity index (χ4v) is 2.15. The predicted molar refractivity (Wildman–Crippen MR) is 75.0 cm³/mol. The first-order valence-electron chi connectivity index (χ1n) is 6.21. The van der Waals surface area contributed by atoms with E-state index in [0.717, 1.165) is 0 Å². The lowest BCUT2D eigenvalue weighted by Crippen LogP contribution is -2.34. The molecule has 0 bridgehead atoms. The van der Waals surface area contributed by atoms with Crippen LogP contribution in [0.2, 0.25) is 0 Å². The van der Waals surface area contributed by atoms with Crippen molar-refractivity contribution in [2.45, 2.75) is 0 Å². The molecule has 0 aliphatic heterocycles. The molecule has 3 aromatic rings. The van der Waals surface area contributed by atoms with E-state index in [1.165, 1.54) is 4.40 Å². The number of carbonyl (C=O) groups is 2. The van der Waals surface area contributed by atoms with Gasteiger partial charge in [-0.05, 0) is 12.1 Å². The minimum Gasteiger partial charge on any atom is -0.493 e. The number of benzene rings is 1. The van der Waals surface area contributed by atoms with Gasteiger partial charge in [0.25, 0.3) is 11.5 Å². The van der Waals surface area contributed by atoms with Gasteiger partial charge in [-0.25, -0.2) is 9.38 Å². The Labute approximate surface area is 121 Å². The van der Waals surface area contributed by atoms with Gasteiger partial charge < -0.3 is 15.5 Å². The SMILES string of the molecule is O=C(O)CNC(=O)c1c(O)n2c(nc3ccccc32)[nH]c1=O. The monoisotopic (exact) mass is 302 g/mol. The van der Waals surface area contributed by atoms with Crippen molar-refractivity contribution in [2.75, 3.05) is 6.54 Å². The van der Waals surface area contributed by atoms with Gasteiger partial charge in [-0.15, -0.1) is 0 Å². The van der Waals surface area contributed by atoms with E-state index in [4.69, 9.17) is 5.11 Å². The average molecular weight is 302 g/mol. The van der Waals surface area contributed by atoms with E-state index in [0.29, 0.717) is 11.0 Å². The molecule has 0 fully saturated rings. The fraction of sp³-hybridized carbons (Fsp3) is 0.0769. The topological polar surface area (TPSA) is 137 Å². The molecular formula is C13H10N4O5. The first-order chi connectivity index (χ1) is 10.5. The van der Waals surface area contributed by atoms with Crippen molar-refractivity contribution < 1.29 is 19.8 Å². The number of para-hydroxylation sites is 2. The van der Waals surface area contributed by atoms with E-state index in [1.807, 2.05) is 5.32 Å². The number of hydrogen-bond acceptors (Lipinski definition) is 5. The number of carboxylic acids is 1. The quantitative estimate of drug-likeness (QED) is 0.524. The number of hydrogen-bond donors (Lipinski definition) is 4. The third-order valence-corrected chi connectivity index (χ3v) is 3.08. The van der Waals surface area contributed by atoms with Crippen LogP contribution < -0.4 is 10.9 Å². The van der Waals surface area contributed by atoms with Gasteiger partial charge in [0.15, 0.2) is 5.56 Å². The number of carbonyl (C=O) groups excluding carboxylic acids is 1. The van der Waals surface area contributed by atoms with Crippen molar-refractivity contribution in [1.29, 1.82) is 0 Å². The summed E-state index contributed by atoms with van der Waals surface area (Å²) in [4.78, 5) is 40.8. The summed E-state index contributed by atoms with van der Waals surface area (Å²) in [5.74, 6) is -2.77. The first kappa shape index (κ1) is 13.6. The normalized spacial score (nSPS) is 10.9. The molecule has 0 saturated heterocycles. The third-order valence-electron chi connectivity index (χ3n) is 3.08. The zero-order valence-corrected chi connectivity index (χ0v) is 11.0. The lowest BCUT2D eigenvalue weighted by Gasteiger charge is -2.06. The number of aromatic hydroxyl groups is 1. The molecule has 9 nitrogen and oxygen atoms in total. The number of aromatic amines is 1. The van der Waals surface area contributed by atoms with Gasteiger partial charge in [0, 0.05) is 0 Å². The summed E-state index contributed by atoms with van der Waals surface area (Å²) in [6.07, 6.45) is 0. The van der Waals surface area contributed by atoms with Crippen LogP contribution in [0.1, 0.15) is 10.4 Å². The Morgan fingerprint density at radius 2 is 2.05 bits per heavy atom. The maximum Gasteiger partial charge on any atom is 0.322 e. The highest BCUT2D eigenvalue weighted by molar-refractivity contribution is 5.98. The largest absolute Gasteiger partial charge is 0.493 e. The molecule has 0 atom stereocenters. The van der Waals surface area contributed by atoms with Crippen molar-refractivity contribution in [2.24, 2.45) is 0 Å². The van der Waals surface area contributed by atoms with Crippen LogP contribution in [0.3, 0.4) is 0 Å². The highest BCUT2D eigenvalue weighted by atomic mass is 16.4. The van der Waals surface area contributed by atoms with Crippen molar-refractivity contribution in [3.63, 3.8) is 0 Å². The second-order valence-corrected chi connectivity index (χ2v) is 4.49. The van der Waals surface area contributed by atoms with Crippen LogP contribution in [-0.4, -0.2) is 43.0 Å². The molecule has 0 radical (unpaired) electrons. The average Bonchev–Trinajstić information content (AvgIpc) is 2.83. The van der Waals surface area contributed by atoms with Gasteiger partial charge in [0.1, 0.15) is 6.54 Å². The second kappa shape index (κ2) is 4.88. The zero-order chi connectivity index (χ0) is 15.9. The molecule has 2 heterocycles. The summed E-state index contributed by atoms with van der Waals surface area (Å²) >= 11 is 0. The lowest BCUT2D eigenvalue weighted by atomic mass is 10.3. The van der Waals surface area contributed by atoms with Crippen molar-refractivity contribution in [3.8, 4) is 5.88 Å². The molecule has 1 amide bonds. The highest BCUT2D eigenvalue weighted by Gasteiger charge is 2.21. The highest BCUT2D eigenvalue weighted by Crippen LogP contribution is 2.21. The molecule has 0 unspecified atom stereocenters. The molecule has 1 aromatic carbocycles. The van der Waals surface area contributed by atoms with Crippen molar-refractivity contribution >= 4 is 28.7 Å². The Balaban J connectivity index is 2.23. The molecule has 9 heteroatoms. The Morgan fingerprint density at radius 1 is 1.32 bits per heavy atom. The van der Waals surface area contributed by atoms with Crippen molar-refractivity contribution in [3.05, 3.63) is 40.2 Å². The summed E-state index contributed by atoms with van der Waals surface area (Å²) in [6, 6.07) is 6.80. The maximum absolute atomic E-state index is 11.9. The molecule has 112 valence electrons. The number of imidazole rings is 1. The Bertz CT molecular complexity index is 972. The third kappa shape index (κ3) is 2.04. The van der Waals surface area contributed by atoms with Crippen LogP contribution in [0.15, 0.2) is 29.1 Å². The van der Waals surface area contributed by atoms with E-state index in [2.05, 4.69) is 9.97 Å². The van der Waals surface area contributed by atoms with Crippen LogP contribution in [0.5, 0.6) is 5.88 Å². The summed E-state index contributed by atoms with van der Waals surface area (Å²) < 4.78 is 1.21. The van der Waals surface area contributed by atoms with E-state index in [-0.39, 0.29) is 5.78 Å². The minimum atomic E-state index is -1.27. The minimum absolute atomic E-state index is 0.0819. The number of nitrogens with zero attached hydrogens (tertiary/aromatic N) is 2. The molecule has 0 aliphatic rings. The van der Waals surface area contributed by atoms with E-state index in [1.54, 1.807) is 24.3 Å². The van der Waals surface area contributed by atoms with Crippen molar-refractivity contribution in [1.82, 2.24) is 19.7 Å². The maximum atomic E-state index is 11.9. The van der Waals surface area contributed by atoms with Gasteiger partial charge in [-0.2, -0.15) is 0 Å². The molecule has 0 spiro atoms. The van der Waals surface area contributed by atoms with Gasteiger partial charge >= 0.3 is 5.97 Å². The number of nitrogens with one attached hydrogen (secondary N) is 2. The van der Waals surface area contributed by atoms with Gasteiger partial charge in [-0.3, -0.25) is 19.4 Å². The Kier molecular flexibility index (Phi) is 3.02. The molecule has 4 N–H and O–H groups in total. The number of rotatable bonds is 3. The van der Waals surface area contributed by atoms with Crippen LogP contribution in [-0.2, 0) is 4.79 Å². The van der Waals surface area contributed by atoms with Crippen LogP contribution in [0, 0.1) is 0 Å². The molecule has 0 aliphatic carbocycles. The smallest absolute Gasteiger partial charge is 0.322 e. The second-order valence-electron chi connectivity index (χ2n) is 4.49. The van der Waals surface area contributed by atoms with Gasteiger partial charge in [0.2, 0.25) is 11.7 Å². The number of carboxylic acid groups (broad SMARTS) is 1. The molecule has 3 rings (SSSR count). The molecule has 2 aromatic heterocycles. The fourth-order valence-electron chi connectivity index (χ4n) is 2.15. The Hall–Kier alpha value is -3.36. The summed E-state index contributed by atoms with van der Waals surface area (Å²) in [5.41, 5.74) is -0.407. The van der Waals surface area contributed by atoms with E-state index >= 15 is 0 Å². The number of aromatic nitrogens is 3. The van der Waals surface area contributed by atoms with Crippen LogP contribution >= 0.6 is 0 Å². The predicted octanol–water partition coefficient (Wildman–Crippen LogP) is -0.304. The summed E-state index contributed by atoms with van der Waals surface area (Å²) in [5, 5.41) is 20.8. The number of aliphatic carboxylic acids is 1. The first-order valence-corrected chi connectivity index (χ1v) is 6.21. The number of amides is 1. The van der Waals surface area contributed by atoms with Gasteiger partial charge in [-0.1, -0.05) is 12.1 Å². The zero-order valence-electron chi connectivity index (χ0n) is 11.0. The molecule has 22 heavy (non-hydrogen) atoms.